The van der Waals surface area contributed by atoms with Gasteiger partial charge in [-0.1, -0.05) is 46.0 Å². The lowest BCUT2D eigenvalue weighted by Gasteiger charge is -2.24. The van der Waals surface area contributed by atoms with Crippen molar-refractivity contribution >= 4 is 11.9 Å². The Kier molecular flexibility index (Phi) is 7.72. The van der Waals surface area contributed by atoms with Gasteiger partial charge in [0.2, 0.25) is 5.91 Å². The van der Waals surface area contributed by atoms with Gasteiger partial charge < -0.3 is 15.8 Å². The number of hydrogen-bond donors (Lipinski definition) is 2. The first kappa shape index (κ1) is 18.0. The van der Waals surface area contributed by atoms with Crippen molar-refractivity contribution in [3.05, 3.63) is 0 Å². The molecule has 3 atom stereocenters. The van der Waals surface area contributed by atoms with Crippen molar-refractivity contribution in [1.29, 1.82) is 0 Å². The summed E-state index contributed by atoms with van der Waals surface area (Å²) in [5, 5.41) is 2.80. The Morgan fingerprint density at radius 3 is 2.43 bits per heavy atom. The standard InChI is InChI=1S/C16H30N2O3/c1-4-11(3)14(17)15(19)18-13(16(20)21-5-2)10-12-8-6-7-9-12/h11-14H,4-10,17H2,1-3H3,(H,18,19)/t11?,13-,14-/m0/s1. The number of rotatable bonds is 8. The van der Waals surface area contributed by atoms with Crippen LogP contribution in [-0.4, -0.2) is 30.6 Å². The lowest BCUT2D eigenvalue weighted by molar-refractivity contribution is -0.148. The van der Waals surface area contributed by atoms with Gasteiger partial charge in [-0.25, -0.2) is 4.79 Å². The molecule has 1 aliphatic rings. The van der Waals surface area contributed by atoms with Crippen LogP contribution in [0.5, 0.6) is 0 Å². The molecule has 0 aromatic rings. The number of carbonyl (C=O) groups excluding carboxylic acids is 2. The monoisotopic (exact) mass is 298 g/mol. The molecular weight excluding hydrogens is 268 g/mol. The van der Waals surface area contributed by atoms with Gasteiger partial charge in [0.05, 0.1) is 12.6 Å². The maximum absolute atomic E-state index is 12.2. The van der Waals surface area contributed by atoms with Crippen molar-refractivity contribution in [2.75, 3.05) is 6.61 Å². The maximum atomic E-state index is 12.2. The highest BCUT2D eigenvalue weighted by molar-refractivity contribution is 5.87. The van der Waals surface area contributed by atoms with Crippen LogP contribution in [0.15, 0.2) is 0 Å². The molecule has 0 heterocycles. The van der Waals surface area contributed by atoms with Gasteiger partial charge in [0.1, 0.15) is 6.04 Å². The van der Waals surface area contributed by atoms with Gasteiger partial charge in [-0.05, 0) is 25.2 Å². The van der Waals surface area contributed by atoms with Crippen molar-refractivity contribution in [3.63, 3.8) is 0 Å². The number of nitrogens with one attached hydrogen (secondary N) is 1. The van der Waals surface area contributed by atoms with E-state index in [2.05, 4.69) is 5.32 Å². The lowest BCUT2D eigenvalue weighted by atomic mass is 9.96. The topological polar surface area (TPSA) is 81.4 Å². The van der Waals surface area contributed by atoms with E-state index in [0.29, 0.717) is 18.9 Å². The highest BCUT2D eigenvalue weighted by atomic mass is 16.5. The Morgan fingerprint density at radius 2 is 1.90 bits per heavy atom. The number of carbonyl (C=O) groups is 2. The van der Waals surface area contributed by atoms with Crippen LogP contribution in [0, 0.1) is 11.8 Å². The third kappa shape index (κ3) is 5.65. The van der Waals surface area contributed by atoms with Gasteiger partial charge in [-0.2, -0.15) is 0 Å². The summed E-state index contributed by atoms with van der Waals surface area (Å²) in [5.74, 6) is 0.00774. The van der Waals surface area contributed by atoms with Crippen LogP contribution < -0.4 is 11.1 Å². The summed E-state index contributed by atoms with van der Waals surface area (Å²) >= 11 is 0. The van der Waals surface area contributed by atoms with Gasteiger partial charge in [-0.3, -0.25) is 4.79 Å². The molecule has 1 unspecified atom stereocenters. The molecule has 0 radical (unpaired) electrons. The molecule has 0 aliphatic heterocycles. The fourth-order valence-electron chi connectivity index (χ4n) is 2.82. The van der Waals surface area contributed by atoms with E-state index in [0.717, 1.165) is 19.3 Å². The number of nitrogens with two attached hydrogens (primary N) is 1. The first-order chi connectivity index (χ1) is 9.99. The predicted octanol–water partition coefficient (Wildman–Crippen LogP) is 1.99. The minimum absolute atomic E-state index is 0.0966. The minimum Gasteiger partial charge on any atom is -0.464 e. The van der Waals surface area contributed by atoms with Crippen molar-refractivity contribution in [1.82, 2.24) is 5.32 Å². The smallest absolute Gasteiger partial charge is 0.328 e. The van der Waals surface area contributed by atoms with Crippen LogP contribution in [0.3, 0.4) is 0 Å². The molecule has 0 aromatic carbocycles. The van der Waals surface area contributed by atoms with E-state index >= 15 is 0 Å². The first-order valence-corrected chi connectivity index (χ1v) is 8.22. The Labute approximate surface area is 128 Å². The zero-order valence-electron chi connectivity index (χ0n) is 13.6. The van der Waals surface area contributed by atoms with Crippen LogP contribution in [0.4, 0.5) is 0 Å². The third-order valence-corrected chi connectivity index (χ3v) is 4.49. The fraction of sp³-hybridized carbons (Fsp3) is 0.875. The highest BCUT2D eigenvalue weighted by Gasteiger charge is 2.30. The summed E-state index contributed by atoms with van der Waals surface area (Å²) in [5.41, 5.74) is 5.94. The third-order valence-electron chi connectivity index (χ3n) is 4.49. The van der Waals surface area contributed by atoms with Crippen molar-refractivity contribution in [3.8, 4) is 0 Å². The Hall–Kier alpha value is -1.10. The molecule has 1 rings (SSSR count). The molecule has 0 saturated heterocycles. The summed E-state index contributed by atoms with van der Waals surface area (Å²) in [4.78, 5) is 24.2. The van der Waals surface area contributed by atoms with E-state index in [1.807, 2.05) is 13.8 Å². The summed E-state index contributed by atoms with van der Waals surface area (Å²) in [6.07, 6.45) is 6.17. The van der Waals surface area contributed by atoms with E-state index in [1.54, 1.807) is 6.92 Å². The molecule has 3 N–H and O–H groups in total. The number of hydrogen-bond acceptors (Lipinski definition) is 4. The zero-order valence-corrected chi connectivity index (χ0v) is 13.6. The van der Waals surface area contributed by atoms with Gasteiger partial charge >= 0.3 is 5.97 Å². The molecule has 1 aliphatic carbocycles. The fourth-order valence-corrected chi connectivity index (χ4v) is 2.82. The molecule has 21 heavy (non-hydrogen) atoms. The molecule has 0 bridgehead atoms. The van der Waals surface area contributed by atoms with Gasteiger partial charge in [0.25, 0.3) is 0 Å². The lowest BCUT2D eigenvalue weighted by Crippen LogP contribution is -2.51. The average molecular weight is 298 g/mol. The first-order valence-electron chi connectivity index (χ1n) is 8.22. The normalized spacial score (nSPS) is 19.8. The Bertz CT molecular complexity index is 340. The minimum atomic E-state index is -0.574. The second-order valence-electron chi connectivity index (χ2n) is 6.11. The second kappa shape index (κ2) is 9.03. The number of ether oxygens (including phenoxy) is 1. The SMILES string of the molecule is CCOC(=O)[C@H](CC1CCCC1)NC(=O)[C@@H](N)C(C)CC. The van der Waals surface area contributed by atoms with E-state index in [9.17, 15) is 9.59 Å². The van der Waals surface area contributed by atoms with E-state index in [-0.39, 0.29) is 17.8 Å². The maximum Gasteiger partial charge on any atom is 0.328 e. The quantitative estimate of drug-likeness (QED) is 0.671. The van der Waals surface area contributed by atoms with Crippen molar-refractivity contribution < 1.29 is 14.3 Å². The van der Waals surface area contributed by atoms with Crippen molar-refractivity contribution in [2.24, 2.45) is 17.6 Å². The van der Waals surface area contributed by atoms with Gasteiger partial charge in [-0.15, -0.1) is 0 Å². The molecule has 5 nitrogen and oxygen atoms in total. The van der Waals surface area contributed by atoms with Crippen LogP contribution in [-0.2, 0) is 14.3 Å². The molecule has 5 heteroatoms. The Balaban J connectivity index is 2.62. The number of amides is 1. The van der Waals surface area contributed by atoms with Crippen LogP contribution in [0.25, 0.3) is 0 Å². The predicted molar refractivity (Wildman–Crippen MR) is 82.6 cm³/mol. The van der Waals surface area contributed by atoms with E-state index < -0.39 is 12.1 Å². The van der Waals surface area contributed by atoms with Gasteiger partial charge in [0.15, 0.2) is 0 Å². The largest absolute Gasteiger partial charge is 0.464 e. The van der Waals surface area contributed by atoms with E-state index in [4.69, 9.17) is 10.5 Å². The van der Waals surface area contributed by atoms with Crippen LogP contribution in [0.1, 0.15) is 59.3 Å². The van der Waals surface area contributed by atoms with Gasteiger partial charge in [0, 0.05) is 0 Å². The summed E-state index contributed by atoms with van der Waals surface area (Å²) in [6.45, 7) is 6.05. The van der Waals surface area contributed by atoms with Crippen LogP contribution in [0.2, 0.25) is 0 Å². The molecule has 1 saturated carbocycles. The molecule has 122 valence electrons. The molecule has 1 amide bonds. The van der Waals surface area contributed by atoms with E-state index in [1.165, 1.54) is 12.8 Å². The van der Waals surface area contributed by atoms with Crippen LogP contribution >= 0.6 is 0 Å². The average Bonchev–Trinajstić information content (AvgIpc) is 2.98. The summed E-state index contributed by atoms with van der Waals surface area (Å²) < 4.78 is 5.09. The molecule has 1 fully saturated rings. The second-order valence-corrected chi connectivity index (χ2v) is 6.11. The summed E-state index contributed by atoms with van der Waals surface area (Å²) in [7, 11) is 0. The molecular formula is C16H30N2O3. The van der Waals surface area contributed by atoms with Crippen molar-refractivity contribution in [2.45, 2.75) is 71.4 Å². The Morgan fingerprint density at radius 1 is 1.29 bits per heavy atom. The molecule has 0 spiro atoms. The molecule has 0 aromatic heterocycles. The summed E-state index contributed by atoms with van der Waals surface area (Å²) in [6, 6.07) is -1.13. The highest BCUT2D eigenvalue weighted by Crippen LogP contribution is 2.28. The zero-order chi connectivity index (χ0) is 15.8. The number of esters is 1.